The summed E-state index contributed by atoms with van der Waals surface area (Å²) >= 11 is 0. The van der Waals surface area contributed by atoms with Crippen LogP contribution in [0.4, 0.5) is 11.4 Å². The van der Waals surface area contributed by atoms with Crippen LogP contribution in [0, 0.1) is 0 Å². The summed E-state index contributed by atoms with van der Waals surface area (Å²) < 4.78 is 0. The van der Waals surface area contributed by atoms with E-state index in [9.17, 15) is 19.5 Å². The summed E-state index contributed by atoms with van der Waals surface area (Å²) in [5.41, 5.74) is 1.20. The number of carbonyl (C=O) groups is 3. The van der Waals surface area contributed by atoms with E-state index in [0.29, 0.717) is 17.4 Å². The standard InChI is InChI=1S/C21H29N3O4/c1-3-14(2)24-17-10-9-15(21(27)28)11-18(17)23(13-20(24)26)19(25)12-22-16-7-5-4-6-8-16/h9-11,14,16,22H,3-8,12-13H2,1-2H3,(H,27,28). The molecule has 0 saturated heterocycles. The second-order valence-corrected chi connectivity index (χ2v) is 7.73. The molecule has 1 unspecified atom stereocenters. The van der Waals surface area contributed by atoms with Crippen molar-refractivity contribution in [3.8, 4) is 0 Å². The number of carboxylic acid groups (broad SMARTS) is 1. The molecule has 2 aliphatic rings. The highest BCUT2D eigenvalue weighted by Gasteiger charge is 2.35. The predicted molar refractivity (Wildman–Crippen MR) is 108 cm³/mol. The average molecular weight is 387 g/mol. The molecule has 1 aromatic rings. The number of carboxylic acids is 1. The number of anilines is 2. The van der Waals surface area contributed by atoms with E-state index < -0.39 is 5.97 Å². The first-order valence-electron chi connectivity index (χ1n) is 10.2. The van der Waals surface area contributed by atoms with Gasteiger partial charge in [0.05, 0.1) is 23.5 Å². The average Bonchev–Trinajstić information content (AvgIpc) is 2.71. The lowest BCUT2D eigenvalue weighted by Crippen LogP contribution is -2.53. The summed E-state index contributed by atoms with van der Waals surface area (Å²) in [6.07, 6.45) is 6.47. The van der Waals surface area contributed by atoms with Crippen molar-refractivity contribution in [2.45, 2.75) is 64.5 Å². The van der Waals surface area contributed by atoms with Crippen LogP contribution in [0.5, 0.6) is 0 Å². The number of hydrogen-bond acceptors (Lipinski definition) is 4. The van der Waals surface area contributed by atoms with Crippen LogP contribution in [0.25, 0.3) is 0 Å². The third-order valence-corrected chi connectivity index (χ3v) is 5.81. The van der Waals surface area contributed by atoms with Gasteiger partial charge in [-0.3, -0.25) is 14.5 Å². The summed E-state index contributed by atoms with van der Waals surface area (Å²) in [6, 6.07) is 4.92. The maximum atomic E-state index is 12.9. The Morgan fingerprint density at radius 1 is 1.21 bits per heavy atom. The Bertz CT molecular complexity index is 758. The molecule has 7 heteroatoms. The Hall–Kier alpha value is -2.41. The molecule has 1 saturated carbocycles. The number of aromatic carboxylic acids is 1. The SMILES string of the molecule is CCC(C)N1C(=O)CN(C(=O)CNC2CCCCC2)c2cc(C(=O)O)ccc21. The molecule has 0 bridgehead atoms. The molecule has 1 aliphatic carbocycles. The van der Waals surface area contributed by atoms with Crippen molar-refractivity contribution in [2.24, 2.45) is 0 Å². The van der Waals surface area contributed by atoms with Gasteiger partial charge < -0.3 is 15.3 Å². The molecule has 2 N–H and O–H groups in total. The van der Waals surface area contributed by atoms with Crippen molar-refractivity contribution in [2.75, 3.05) is 22.9 Å². The van der Waals surface area contributed by atoms with Crippen molar-refractivity contribution >= 4 is 29.2 Å². The fourth-order valence-corrected chi connectivity index (χ4v) is 4.03. The number of nitrogens with zero attached hydrogens (tertiary/aromatic N) is 2. The molecule has 3 rings (SSSR count). The first kappa shape index (κ1) is 20.3. The zero-order valence-electron chi connectivity index (χ0n) is 16.6. The van der Waals surface area contributed by atoms with Crippen molar-refractivity contribution in [3.05, 3.63) is 23.8 Å². The Morgan fingerprint density at radius 3 is 2.57 bits per heavy atom. The van der Waals surface area contributed by atoms with Gasteiger partial charge in [-0.2, -0.15) is 0 Å². The van der Waals surface area contributed by atoms with Crippen LogP contribution in [-0.2, 0) is 9.59 Å². The highest BCUT2D eigenvalue weighted by molar-refractivity contribution is 6.12. The fourth-order valence-electron chi connectivity index (χ4n) is 4.03. The maximum Gasteiger partial charge on any atom is 0.335 e. The van der Waals surface area contributed by atoms with E-state index in [1.165, 1.54) is 36.3 Å². The minimum atomic E-state index is -1.05. The number of fused-ring (bicyclic) bond motifs is 1. The van der Waals surface area contributed by atoms with Gasteiger partial charge in [0.15, 0.2) is 0 Å². The first-order valence-corrected chi connectivity index (χ1v) is 10.2. The topological polar surface area (TPSA) is 90.0 Å². The molecule has 0 radical (unpaired) electrons. The third-order valence-electron chi connectivity index (χ3n) is 5.81. The van der Waals surface area contributed by atoms with Gasteiger partial charge in [-0.05, 0) is 44.4 Å². The van der Waals surface area contributed by atoms with Gasteiger partial charge in [0.25, 0.3) is 0 Å². The highest BCUT2D eigenvalue weighted by atomic mass is 16.4. The molecule has 1 aromatic carbocycles. The largest absolute Gasteiger partial charge is 0.478 e. The van der Waals surface area contributed by atoms with Gasteiger partial charge in [-0.15, -0.1) is 0 Å². The van der Waals surface area contributed by atoms with Crippen molar-refractivity contribution in [1.82, 2.24) is 5.32 Å². The molecular formula is C21H29N3O4. The van der Waals surface area contributed by atoms with Crippen molar-refractivity contribution < 1.29 is 19.5 Å². The van der Waals surface area contributed by atoms with Gasteiger partial charge in [-0.1, -0.05) is 26.2 Å². The van der Waals surface area contributed by atoms with E-state index in [-0.39, 0.29) is 36.5 Å². The summed E-state index contributed by atoms with van der Waals surface area (Å²) in [6.45, 7) is 4.04. The van der Waals surface area contributed by atoms with Gasteiger partial charge in [0.1, 0.15) is 6.54 Å². The molecule has 1 heterocycles. The Kier molecular flexibility index (Phi) is 6.34. The zero-order valence-corrected chi connectivity index (χ0v) is 16.6. The minimum absolute atomic E-state index is 0.0282. The van der Waals surface area contributed by atoms with E-state index in [0.717, 1.165) is 19.3 Å². The third kappa shape index (κ3) is 4.19. The number of rotatable bonds is 6. The summed E-state index contributed by atoms with van der Waals surface area (Å²) in [7, 11) is 0. The lowest BCUT2D eigenvalue weighted by Gasteiger charge is -2.39. The minimum Gasteiger partial charge on any atom is -0.478 e. The van der Waals surface area contributed by atoms with Crippen LogP contribution in [0.2, 0.25) is 0 Å². The summed E-state index contributed by atoms with van der Waals surface area (Å²) in [4.78, 5) is 40.3. The normalized spacial score (nSPS) is 18.7. The summed E-state index contributed by atoms with van der Waals surface area (Å²) in [5.74, 6) is -1.40. The number of carbonyl (C=O) groups excluding carboxylic acids is 2. The van der Waals surface area contributed by atoms with Crippen LogP contribution < -0.4 is 15.1 Å². The molecule has 2 amide bonds. The molecule has 1 aliphatic heterocycles. The number of nitrogens with one attached hydrogen (secondary N) is 1. The van der Waals surface area contributed by atoms with E-state index in [1.807, 2.05) is 13.8 Å². The smallest absolute Gasteiger partial charge is 0.335 e. The van der Waals surface area contributed by atoms with Gasteiger partial charge in [0.2, 0.25) is 11.8 Å². The van der Waals surface area contributed by atoms with E-state index in [4.69, 9.17) is 0 Å². The molecule has 152 valence electrons. The Balaban J connectivity index is 1.86. The Labute approximate surface area is 165 Å². The number of hydrogen-bond donors (Lipinski definition) is 2. The van der Waals surface area contributed by atoms with Crippen LogP contribution in [0.1, 0.15) is 62.7 Å². The van der Waals surface area contributed by atoms with Gasteiger partial charge in [-0.25, -0.2) is 4.79 Å². The molecular weight excluding hydrogens is 358 g/mol. The van der Waals surface area contributed by atoms with Crippen LogP contribution in [0.3, 0.4) is 0 Å². The number of benzene rings is 1. The van der Waals surface area contributed by atoms with Crippen LogP contribution in [0.15, 0.2) is 18.2 Å². The molecule has 1 atom stereocenters. The van der Waals surface area contributed by atoms with Crippen LogP contribution in [-0.4, -0.2) is 48.1 Å². The first-order chi connectivity index (χ1) is 13.4. The van der Waals surface area contributed by atoms with Crippen molar-refractivity contribution in [1.29, 1.82) is 0 Å². The molecule has 0 aromatic heterocycles. The van der Waals surface area contributed by atoms with E-state index in [1.54, 1.807) is 11.0 Å². The van der Waals surface area contributed by atoms with Gasteiger partial charge >= 0.3 is 5.97 Å². The Morgan fingerprint density at radius 2 is 1.93 bits per heavy atom. The fraction of sp³-hybridized carbons (Fsp3) is 0.571. The van der Waals surface area contributed by atoms with E-state index in [2.05, 4.69) is 5.32 Å². The molecule has 1 fully saturated rings. The molecule has 0 spiro atoms. The van der Waals surface area contributed by atoms with E-state index >= 15 is 0 Å². The lowest BCUT2D eigenvalue weighted by molar-refractivity contribution is -0.122. The van der Waals surface area contributed by atoms with Crippen LogP contribution >= 0.6 is 0 Å². The summed E-state index contributed by atoms with van der Waals surface area (Å²) in [5, 5.41) is 12.7. The number of amides is 2. The quantitative estimate of drug-likeness (QED) is 0.783. The second kappa shape index (κ2) is 8.73. The maximum absolute atomic E-state index is 12.9. The molecule has 28 heavy (non-hydrogen) atoms. The van der Waals surface area contributed by atoms with Crippen molar-refractivity contribution in [3.63, 3.8) is 0 Å². The zero-order chi connectivity index (χ0) is 20.3. The molecule has 7 nitrogen and oxygen atoms in total. The predicted octanol–water partition coefficient (Wildman–Crippen LogP) is 2.79. The van der Waals surface area contributed by atoms with Gasteiger partial charge in [0, 0.05) is 12.1 Å². The monoisotopic (exact) mass is 387 g/mol. The highest BCUT2D eigenvalue weighted by Crippen LogP contribution is 2.36. The second-order valence-electron chi connectivity index (χ2n) is 7.73. The lowest BCUT2D eigenvalue weighted by atomic mass is 9.95.